The standard InChI is InChI=1S/C16H20N2OS/c1-12-10-20-11-14(12)9-18-16(19)15(17)8-7-13-5-3-2-4-6-13/h2-6,10-11,15H,7-9,17H2,1H3,(H,18,19). The van der Waals surface area contributed by atoms with Gasteiger partial charge in [0, 0.05) is 6.54 Å². The zero-order valence-electron chi connectivity index (χ0n) is 11.6. The number of carbonyl (C=O) groups is 1. The topological polar surface area (TPSA) is 55.1 Å². The minimum absolute atomic E-state index is 0.0773. The Labute approximate surface area is 123 Å². The van der Waals surface area contributed by atoms with Crippen LogP contribution in [0.2, 0.25) is 0 Å². The van der Waals surface area contributed by atoms with Gasteiger partial charge in [0.05, 0.1) is 6.04 Å². The van der Waals surface area contributed by atoms with E-state index in [1.807, 2.05) is 25.1 Å². The maximum Gasteiger partial charge on any atom is 0.237 e. The molecule has 1 heterocycles. The van der Waals surface area contributed by atoms with Gasteiger partial charge in [0.15, 0.2) is 0 Å². The molecule has 4 heteroatoms. The highest BCUT2D eigenvalue weighted by molar-refractivity contribution is 7.08. The Kier molecular flexibility index (Phi) is 5.32. The largest absolute Gasteiger partial charge is 0.351 e. The summed E-state index contributed by atoms with van der Waals surface area (Å²) in [5.41, 5.74) is 9.53. The molecular formula is C16H20N2OS. The molecule has 0 bridgehead atoms. The minimum Gasteiger partial charge on any atom is -0.351 e. The Morgan fingerprint density at radius 1 is 1.30 bits per heavy atom. The van der Waals surface area contributed by atoms with E-state index in [9.17, 15) is 4.79 Å². The van der Waals surface area contributed by atoms with Crippen LogP contribution >= 0.6 is 11.3 Å². The predicted molar refractivity (Wildman–Crippen MR) is 83.6 cm³/mol. The molecule has 0 saturated carbocycles. The van der Waals surface area contributed by atoms with E-state index in [2.05, 4.69) is 28.2 Å². The first-order valence-electron chi connectivity index (χ1n) is 6.75. The fourth-order valence-corrected chi connectivity index (χ4v) is 2.84. The Morgan fingerprint density at radius 3 is 2.70 bits per heavy atom. The van der Waals surface area contributed by atoms with E-state index in [-0.39, 0.29) is 5.91 Å². The van der Waals surface area contributed by atoms with E-state index < -0.39 is 6.04 Å². The van der Waals surface area contributed by atoms with Crippen LogP contribution in [0.3, 0.4) is 0 Å². The van der Waals surface area contributed by atoms with Gasteiger partial charge in [-0.2, -0.15) is 11.3 Å². The lowest BCUT2D eigenvalue weighted by molar-refractivity contribution is -0.122. The average Bonchev–Trinajstić information content (AvgIpc) is 2.88. The predicted octanol–water partition coefficient (Wildman–Crippen LogP) is 2.63. The third-order valence-electron chi connectivity index (χ3n) is 3.34. The van der Waals surface area contributed by atoms with Crippen molar-refractivity contribution in [3.05, 3.63) is 57.8 Å². The Hall–Kier alpha value is -1.65. The average molecular weight is 288 g/mol. The number of amides is 1. The van der Waals surface area contributed by atoms with E-state index in [1.165, 1.54) is 16.7 Å². The Morgan fingerprint density at radius 2 is 2.05 bits per heavy atom. The summed E-state index contributed by atoms with van der Waals surface area (Å²) in [7, 11) is 0. The molecule has 2 rings (SSSR count). The highest BCUT2D eigenvalue weighted by Crippen LogP contribution is 2.13. The third-order valence-corrected chi connectivity index (χ3v) is 4.25. The SMILES string of the molecule is Cc1cscc1CNC(=O)C(N)CCc1ccccc1. The summed E-state index contributed by atoms with van der Waals surface area (Å²) in [6.45, 7) is 2.61. The lowest BCUT2D eigenvalue weighted by Gasteiger charge is -2.12. The molecule has 0 aliphatic carbocycles. The summed E-state index contributed by atoms with van der Waals surface area (Å²) in [6.07, 6.45) is 1.49. The summed E-state index contributed by atoms with van der Waals surface area (Å²) in [5.74, 6) is -0.0773. The molecule has 3 nitrogen and oxygen atoms in total. The number of thiophene rings is 1. The molecule has 0 aliphatic rings. The molecule has 1 unspecified atom stereocenters. The van der Waals surface area contributed by atoms with Gasteiger partial charge in [-0.3, -0.25) is 4.79 Å². The number of benzene rings is 1. The molecule has 0 spiro atoms. The summed E-state index contributed by atoms with van der Waals surface area (Å²) in [6, 6.07) is 9.65. The van der Waals surface area contributed by atoms with Crippen LogP contribution in [0, 0.1) is 6.92 Å². The molecule has 0 aliphatic heterocycles. The molecule has 1 amide bonds. The van der Waals surface area contributed by atoms with Crippen LogP contribution in [0.25, 0.3) is 0 Å². The number of carbonyl (C=O) groups excluding carboxylic acids is 1. The van der Waals surface area contributed by atoms with E-state index in [0.29, 0.717) is 13.0 Å². The number of rotatable bonds is 6. The van der Waals surface area contributed by atoms with Crippen molar-refractivity contribution in [3.8, 4) is 0 Å². The first-order valence-corrected chi connectivity index (χ1v) is 7.70. The molecule has 1 atom stereocenters. The van der Waals surface area contributed by atoms with Crippen molar-refractivity contribution in [3.63, 3.8) is 0 Å². The molecule has 1 aromatic heterocycles. The van der Waals surface area contributed by atoms with Crippen molar-refractivity contribution in [2.75, 3.05) is 0 Å². The van der Waals surface area contributed by atoms with Crippen molar-refractivity contribution < 1.29 is 4.79 Å². The smallest absolute Gasteiger partial charge is 0.237 e. The van der Waals surface area contributed by atoms with Gasteiger partial charge in [-0.05, 0) is 47.2 Å². The molecule has 3 N–H and O–H groups in total. The zero-order valence-corrected chi connectivity index (χ0v) is 12.5. The quantitative estimate of drug-likeness (QED) is 0.858. The second-order valence-corrected chi connectivity index (χ2v) is 5.67. The van der Waals surface area contributed by atoms with Crippen molar-refractivity contribution in [2.24, 2.45) is 5.73 Å². The van der Waals surface area contributed by atoms with Gasteiger partial charge in [-0.25, -0.2) is 0 Å². The van der Waals surface area contributed by atoms with Crippen molar-refractivity contribution in [2.45, 2.75) is 32.4 Å². The molecule has 0 saturated heterocycles. The highest BCUT2D eigenvalue weighted by atomic mass is 32.1. The molecule has 1 aromatic carbocycles. The molecule has 0 radical (unpaired) electrons. The van der Waals surface area contributed by atoms with E-state index in [0.717, 1.165) is 6.42 Å². The first-order chi connectivity index (χ1) is 9.66. The van der Waals surface area contributed by atoms with Gasteiger partial charge in [0.2, 0.25) is 5.91 Å². The Balaban J connectivity index is 1.76. The Bertz CT molecular complexity index is 551. The summed E-state index contributed by atoms with van der Waals surface area (Å²) in [5, 5.41) is 7.05. The van der Waals surface area contributed by atoms with Gasteiger partial charge in [0.25, 0.3) is 0 Å². The lowest BCUT2D eigenvalue weighted by atomic mass is 10.1. The van der Waals surface area contributed by atoms with Crippen molar-refractivity contribution in [1.29, 1.82) is 0 Å². The number of hydrogen-bond acceptors (Lipinski definition) is 3. The van der Waals surface area contributed by atoms with Gasteiger partial charge in [-0.15, -0.1) is 0 Å². The monoisotopic (exact) mass is 288 g/mol. The van der Waals surface area contributed by atoms with Crippen molar-refractivity contribution in [1.82, 2.24) is 5.32 Å². The fourth-order valence-electron chi connectivity index (χ4n) is 1.98. The van der Waals surface area contributed by atoms with Gasteiger partial charge < -0.3 is 11.1 Å². The van der Waals surface area contributed by atoms with E-state index in [1.54, 1.807) is 11.3 Å². The van der Waals surface area contributed by atoms with E-state index in [4.69, 9.17) is 5.73 Å². The van der Waals surface area contributed by atoms with Crippen LogP contribution in [0.4, 0.5) is 0 Å². The number of nitrogens with two attached hydrogens (primary N) is 1. The second kappa shape index (κ2) is 7.22. The second-order valence-electron chi connectivity index (χ2n) is 4.93. The minimum atomic E-state index is -0.450. The summed E-state index contributed by atoms with van der Waals surface area (Å²) >= 11 is 1.65. The summed E-state index contributed by atoms with van der Waals surface area (Å²) in [4.78, 5) is 11.9. The van der Waals surface area contributed by atoms with Crippen molar-refractivity contribution >= 4 is 17.2 Å². The molecule has 106 valence electrons. The first kappa shape index (κ1) is 14.8. The number of hydrogen-bond donors (Lipinski definition) is 2. The fraction of sp³-hybridized carbons (Fsp3) is 0.312. The van der Waals surface area contributed by atoms with Crippen LogP contribution in [0.15, 0.2) is 41.1 Å². The zero-order chi connectivity index (χ0) is 14.4. The van der Waals surface area contributed by atoms with Crippen LogP contribution in [0.1, 0.15) is 23.1 Å². The van der Waals surface area contributed by atoms with Crippen LogP contribution < -0.4 is 11.1 Å². The van der Waals surface area contributed by atoms with Gasteiger partial charge >= 0.3 is 0 Å². The normalized spacial score (nSPS) is 12.1. The van der Waals surface area contributed by atoms with Crippen LogP contribution in [-0.2, 0) is 17.8 Å². The summed E-state index contributed by atoms with van der Waals surface area (Å²) < 4.78 is 0. The van der Waals surface area contributed by atoms with Gasteiger partial charge in [-0.1, -0.05) is 30.3 Å². The molecular weight excluding hydrogens is 268 g/mol. The molecule has 20 heavy (non-hydrogen) atoms. The maximum atomic E-state index is 11.9. The van der Waals surface area contributed by atoms with Crippen LogP contribution in [0.5, 0.6) is 0 Å². The highest BCUT2D eigenvalue weighted by Gasteiger charge is 2.13. The van der Waals surface area contributed by atoms with Gasteiger partial charge in [0.1, 0.15) is 0 Å². The molecule has 0 fully saturated rings. The lowest BCUT2D eigenvalue weighted by Crippen LogP contribution is -2.40. The number of aryl methyl sites for hydroxylation is 2. The molecule has 2 aromatic rings. The third kappa shape index (κ3) is 4.18. The van der Waals surface area contributed by atoms with Crippen LogP contribution in [-0.4, -0.2) is 11.9 Å². The van der Waals surface area contributed by atoms with E-state index >= 15 is 0 Å². The number of nitrogens with one attached hydrogen (secondary N) is 1. The maximum absolute atomic E-state index is 11.9.